The summed E-state index contributed by atoms with van der Waals surface area (Å²) in [6.07, 6.45) is 5.87. The van der Waals surface area contributed by atoms with Crippen molar-refractivity contribution in [3.05, 3.63) is 24.3 Å². The molecule has 22 heavy (non-hydrogen) atoms. The van der Waals surface area contributed by atoms with Crippen molar-refractivity contribution in [3.8, 4) is 0 Å². The van der Waals surface area contributed by atoms with Crippen LogP contribution in [0, 0.1) is 0 Å². The van der Waals surface area contributed by atoms with E-state index < -0.39 is 0 Å². The number of benzene rings is 1. The fourth-order valence-corrected chi connectivity index (χ4v) is 3.51. The first-order valence-electron chi connectivity index (χ1n) is 8.47. The zero-order valence-electron chi connectivity index (χ0n) is 12.9. The Morgan fingerprint density at radius 3 is 2.82 bits per heavy atom. The Balaban J connectivity index is 1.68. The Morgan fingerprint density at radius 2 is 2.00 bits per heavy atom. The smallest absolute Gasteiger partial charge is 0.206 e. The summed E-state index contributed by atoms with van der Waals surface area (Å²) in [4.78, 5) is 4.83. The molecule has 2 aliphatic rings. The molecular weight excluding hydrogens is 276 g/mol. The van der Waals surface area contributed by atoms with Gasteiger partial charge in [0, 0.05) is 12.6 Å². The molecule has 2 aromatic rings. The minimum Gasteiger partial charge on any atom is -0.358 e. The van der Waals surface area contributed by atoms with Gasteiger partial charge in [0.2, 0.25) is 5.95 Å². The molecule has 0 amide bonds. The van der Waals surface area contributed by atoms with Gasteiger partial charge in [-0.2, -0.15) is 0 Å². The van der Waals surface area contributed by atoms with Gasteiger partial charge in [-0.25, -0.2) is 4.98 Å². The standard InChI is InChI=1S/C17H24N4O/c1-2-6-15-14(5-1)20-17(19-13-8-10-18-11-9-13)21(15)16-7-3-4-12-22-16/h1-2,5-6,13,16,18H,3-4,7-12H2,(H,19,20). The van der Waals surface area contributed by atoms with Crippen molar-refractivity contribution in [2.45, 2.75) is 44.4 Å². The van der Waals surface area contributed by atoms with Crippen molar-refractivity contribution in [1.82, 2.24) is 14.9 Å². The molecule has 4 rings (SSSR count). The third-order valence-corrected chi connectivity index (χ3v) is 4.71. The summed E-state index contributed by atoms with van der Waals surface area (Å²) in [5, 5.41) is 7.08. The number of nitrogens with one attached hydrogen (secondary N) is 2. The van der Waals surface area contributed by atoms with Gasteiger partial charge < -0.3 is 15.4 Å². The van der Waals surface area contributed by atoms with E-state index >= 15 is 0 Å². The normalized spacial score (nSPS) is 23.7. The van der Waals surface area contributed by atoms with Crippen LogP contribution in [0.2, 0.25) is 0 Å². The third-order valence-electron chi connectivity index (χ3n) is 4.71. The van der Waals surface area contributed by atoms with E-state index in [1.54, 1.807) is 0 Å². The maximum Gasteiger partial charge on any atom is 0.206 e. The molecule has 0 saturated carbocycles. The fraction of sp³-hybridized carbons (Fsp3) is 0.588. The molecule has 1 unspecified atom stereocenters. The predicted molar refractivity (Wildman–Crippen MR) is 88.1 cm³/mol. The first-order valence-corrected chi connectivity index (χ1v) is 8.47. The van der Waals surface area contributed by atoms with Crippen molar-refractivity contribution in [1.29, 1.82) is 0 Å². The Morgan fingerprint density at radius 1 is 1.14 bits per heavy atom. The van der Waals surface area contributed by atoms with Crippen LogP contribution in [0.4, 0.5) is 5.95 Å². The average Bonchev–Trinajstić information content (AvgIpc) is 2.94. The van der Waals surface area contributed by atoms with Crippen LogP contribution in [0.25, 0.3) is 11.0 Å². The molecule has 2 saturated heterocycles. The van der Waals surface area contributed by atoms with Gasteiger partial charge in [0.15, 0.2) is 0 Å². The van der Waals surface area contributed by atoms with Gasteiger partial charge in [-0.05, 0) is 57.3 Å². The predicted octanol–water partition coefficient (Wildman–Crippen LogP) is 2.90. The summed E-state index contributed by atoms with van der Waals surface area (Å²) in [6, 6.07) is 8.86. The van der Waals surface area contributed by atoms with Gasteiger partial charge >= 0.3 is 0 Å². The molecule has 5 nitrogen and oxygen atoms in total. The molecule has 0 radical (unpaired) electrons. The third kappa shape index (κ3) is 2.71. The fourth-order valence-electron chi connectivity index (χ4n) is 3.51. The highest BCUT2D eigenvalue weighted by atomic mass is 16.5. The average molecular weight is 300 g/mol. The molecule has 5 heteroatoms. The molecule has 118 valence electrons. The maximum atomic E-state index is 6.03. The Kier molecular flexibility index (Phi) is 3.99. The quantitative estimate of drug-likeness (QED) is 0.915. The molecule has 1 aromatic heterocycles. The minimum absolute atomic E-state index is 0.116. The highest BCUT2D eigenvalue weighted by Gasteiger charge is 2.23. The molecule has 2 fully saturated rings. The topological polar surface area (TPSA) is 51.1 Å². The van der Waals surface area contributed by atoms with E-state index in [9.17, 15) is 0 Å². The zero-order valence-corrected chi connectivity index (χ0v) is 12.9. The van der Waals surface area contributed by atoms with Crippen LogP contribution in [0.15, 0.2) is 24.3 Å². The zero-order chi connectivity index (χ0) is 14.8. The van der Waals surface area contributed by atoms with Crippen LogP contribution in [0.5, 0.6) is 0 Å². The second kappa shape index (κ2) is 6.26. The van der Waals surface area contributed by atoms with Gasteiger partial charge in [0.05, 0.1) is 11.0 Å². The number of imidazole rings is 1. The summed E-state index contributed by atoms with van der Waals surface area (Å²) < 4.78 is 8.31. The van der Waals surface area contributed by atoms with E-state index in [0.717, 1.165) is 50.4 Å². The first kappa shape index (κ1) is 14.0. The number of hydrogen-bond donors (Lipinski definition) is 2. The monoisotopic (exact) mass is 300 g/mol. The van der Waals surface area contributed by atoms with Crippen molar-refractivity contribution in [3.63, 3.8) is 0 Å². The van der Waals surface area contributed by atoms with Crippen LogP contribution in [-0.2, 0) is 4.74 Å². The van der Waals surface area contributed by atoms with Gasteiger partial charge in [0.1, 0.15) is 6.23 Å². The lowest BCUT2D eigenvalue weighted by Gasteiger charge is -2.29. The van der Waals surface area contributed by atoms with E-state index in [2.05, 4.69) is 39.5 Å². The largest absolute Gasteiger partial charge is 0.358 e. The first-order chi connectivity index (χ1) is 10.9. The Bertz CT molecular complexity index is 627. The highest BCUT2D eigenvalue weighted by Crippen LogP contribution is 2.31. The molecule has 1 atom stereocenters. The minimum atomic E-state index is 0.116. The molecule has 0 spiro atoms. The number of anilines is 1. The second-order valence-electron chi connectivity index (χ2n) is 6.28. The molecule has 2 aliphatic heterocycles. The number of nitrogens with zero attached hydrogens (tertiary/aromatic N) is 2. The van der Waals surface area contributed by atoms with Crippen LogP contribution < -0.4 is 10.6 Å². The Labute approximate surface area is 131 Å². The number of para-hydroxylation sites is 2. The van der Waals surface area contributed by atoms with Gasteiger partial charge in [0.25, 0.3) is 0 Å². The highest BCUT2D eigenvalue weighted by molar-refractivity contribution is 5.78. The number of fused-ring (bicyclic) bond motifs is 1. The second-order valence-corrected chi connectivity index (χ2v) is 6.28. The number of hydrogen-bond acceptors (Lipinski definition) is 4. The lowest BCUT2D eigenvalue weighted by Crippen LogP contribution is -2.36. The lowest BCUT2D eigenvalue weighted by atomic mass is 10.1. The number of rotatable bonds is 3. The van der Waals surface area contributed by atoms with E-state index in [4.69, 9.17) is 9.72 Å². The summed E-state index contributed by atoms with van der Waals surface area (Å²) in [5.41, 5.74) is 2.22. The number of aromatic nitrogens is 2. The van der Waals surface area contributed by atoms with Crippen LogP contribution >= 0.6 is 0 Å². The SMILES string of the molecule is c1ccc2c(c1)nc(NC1CCNCC1)n2C1CCCCO1. The summed E-state index contributed by atoms with van der Waals surface area (Å²) in [6.45, 7) is 3.01. The number of ether oxygens (including phenoxy) is 1. The number of piperidine rings is 1. The molecular formula is C17H24N4O. The van der Waals surface area contributed by atoms with Crippen molar-refractivity contribution < 1.29 is 4.74 Å². The molecule has 3 heterocycles. The summed E-state index contributed by atoms with van der Waals surface area (Å²) in [5.74, 6) is 0.972. The lowest BCUT2D eigenvalue weighted by molar-refractivity contribution is -0.0283. The Hall–Kier alpha value is -1.59. The summed E-state index contributed by atoms with van der Waals surface area (Å²) in [7, 11) is 0. The van der Waals surface area contributed by atoms with E-state index in [1.165, 1.54) is 18.4 Å². The van der Waals surface area contributed by atoms with Crippen molar-refractivity contribution in [2.75, 3.05) is 25.0 Å². The molecule has 0 aliphatic carbocycles. The van der Waals surface area contributed by atoms with Crippen molar-refractivity contribution in [2.24, 2.45) is 0 Å². The molecule has 1 aromatic carbocycles. The molecule has 2 N–H and O–H groups in total. The molecule has 0 bridgehead atoms. The van der Waals surface area contributed by atoms with Gasteiger partial charge in [-0.15, -0.1) is 0 Å². The van der Waals surface area contributed by atoms with Crippen LogP contribution in [0.3, 0.4) is 0 Å². The van der Waals surface area contributed by atoms with Gasteiger partial charge in [-0.1, -0.05) is 12.1 Å². The summed E-state index contributed by atoms with van der Waals surface area (Å²) >= 11 is 0. The van der Waals surface area contributed by atoms with Crippen LogP contribution in [-0.4, -0.2) is 35.3 Å². The van der Waals surface area contributed by atoms with E-state index in [1.807, 2.05) is 0 Å². The van der Waals surface area contributed by atoms with Crippen LogP contribution in [0.1, 0.15) is 38.3 Å². The van der Waals surface area contributed by atoms with E-state index in [0.29, 0.717) is 6.04 Å². The maximum absolute atomic E-state index is 6.03. The van der Waals surface area contributed by atoms with Gasteiger partial charge in [-0.3, -0.25) is 4.57 Å². The van der Waals surface area contributed by atoms with E-state index in [-0.39, 0.29) is 6.23 Å². The van der Waals surface area contributed by atoms with Crippen molar-refractivity contribution >= 4 is 17.0 Å².